The Morgan fingerprint density at radius 2 is 1.92 bits per heavy atom. The largest absolute Gasteiger partial charge is 0.371 e. The molecule has 0 bridgehead atoms. The molecule has 0 saturated carbocycles. The summed E-state index contributed by atoms with van der Waals surface area (Å²) in [5.41, 5.74) is 2.32. The summed E-state index contributed by atoms with van der Waals surface area (Å²) in [7, 11) is 0. The molecule has 0 radical (unpaired) electrons. The molecule has 2 aliphatic rings. The Kier molecular flexibility index (Phi) is 3.94. The number of nitrogens with zero attached hydrogens (tertiary/aromatic N) is 3. The van der Waals surface area contributed by atoms with E-state index in [2.05, 4.69) is 28.1 Å². The zero-order valence-electron chi connectivity index (χ0n) is 13.6. The second kappa shape index (κ2) is 6.24. The zero-order valence-corrected chi connectivity index (χ0v) is 13.6. The van der Waals surface area contributed by atoms with Crippen molar-refractivity contribution >= 4 is 11.6 Å². The first-order chi connectivity index (χ1) is 11.7. The number of hydrogen-bond donors (Lipinski definition) is 0. The third-order valence-electron chi connectivity index (χ3n) is 4.79. The molecule has 3 heterocycles. The number of ether oxygens (including phenoxy) is 1. The summed E-state index contributed by atoms with van der Waals surface area (Å²) >= 11 is 0. The number of pyridine rings is 1. The van der Waals surface area contributed by atoms with Gasteiger partial charge in [0.15, 0.2) is 0 Å². The Balaban J connectivity index is 1.46. The van der Waals surface area contributed by atoms with Crippen molar-refractivity contribution in [2.24, 2.45) is 5.41 Å². The monoisotopic (exact) mass is 323 g/mol. The van der Waals surface area contributed by atoms with Crippen molar-refractivity contribution < 1.29 is 9.53 Å². The van der Waals surface area contributed by atoms with E-state index in [-0.39, 0.29) is 17.9 Å². The molecule has 124 valence electrons. The van der Waals surface area contributed by atoms with Gasteiger partial charge in [0, 0.05) is 37.8 Å². The maximum atomic E-state index is 12.4. The molecule has 0 unspecified atom stereocenters. The number of hydrogen-bond acceptors (Lipinski definition) is 4. The first-order valence-corrected chi connectivity index (χ1v) is 8.29. The van der Waals surface area contributed by atoms with E-state index in [1.165, 1.54) is 0 Å². The predicted molar refractivity (Wildman–Crippen MR) is 91.6 cm³/mol. The molecule has 0 N–H and O–H groups in total. The van der Waals surface area contributed by atoms with E-state index in [0.29, 0.717) is 13.2 Å². The van der Waals surface area contributed by atoms with Crippen molar-refractivity contribution in [2.75, 3.05) is 37.7 Å². The number of benzene rings is 1. The summed E-state index contributed by atoms with van der Waals surface area (Å²) in [4.78, 5) is 20.8. The van der Waals surface area contributed by atoms with Gasteiger partial charge in [-0.2, -0.15) is 0 Å². The molecule has 0 atom stereocenters. The van der Waals surface area contributed by atoms with Gasteiger partial charge in [-0.05, 0) is 17.7 Å². The molecule has 1 aromatic carbocycles. The highest BCUT2D eigenvalue weighted by molar-refractivity contribution is 5.78. The van der Waals surface area contributed by atoms with Gasteiger partial charge < -0.3 is 14.5 Å². The number of carbonyl (C=O) groups is 1. The Labute approximate surface area is 141 Å². The van der Waals surface area contributed by atoms with Crippen LogP contribution in [0.5, 0.6) is 0 Å². The second-order valence-corrected chi connectivity index (χ2v) is 6.80. The zero-order chi connectivity index (χ0) is 16.4. The van der Waals surface area contributed by atoms with Gasteiger partial charge in [-0.25, -0.2) is 0 Å². The molecule has 1 spiro atoms. The minimum Gasteiger partial charge on any atom is -0.371 e. The smallest absolute Gasteiger partial charge is 0.248 e. The maximum Gasteiger partial charge on any atom is 0.248 e. The minimum atomic E-state index is 0.0246. The number of anilines is 1. The van der Waals surface area contributed by atoms with Crippen LogP contribution in [0.15, 0.2) is 54.9 Å². The number of amides is 1. The first-order valence-electron chi connectivity index (χ1n) is 8.29. The molecule has 5 nitrogen and oxygen atoms in total. The molecule has 0 aliphatic carbocycles. The summed E-state index contributed by atoms with van der Waals surface area (Å²) < 4.78 is 5.68. The molecular formula is C19H21N3O2. The number of rotatable bonds is 3. The Morgan fingerprint density at radius 1 is 1.08 bits per heavy atom. The quantitative estimate of drug-likeness (QED) is 0.866. The summed E-state index contributed by atoms with van der Waals surface area (Å²) in [6.07, 6.45) is 3.67. The van der Waals surface area contributed by atoms with Crippen LogP contribution in [-0.4, -0.2) is 48.6 Å². The fourth-order valence-electron chi connectivity index (χ4n) is 3.61. The summed E-state index contributed by atoms with van der Waals surface area (Å²) in [6, 6.07) is 14.2. The van der Waals surface area contributed by atoms with Crippen LogP contribution in [0.3, 0.4) is 0 Å². The topological polar surface area (TPSA) is 45.7 Å². The van der Waals surface area contributed by atoms with E-state index in [9.17, 15) is 4.79 Å². The number of carbonyl (C=O) groups excluding carboxylic acids is 1. The molecule has 2 aromatic rings. The van der Waals surface area contributed by atoms with Gasteiger partial charge in [0.1, 0.15) is 6.61 Å². The van der Waals surface area contributed by atoms with Gasteiger partial charge >= 0.3 is 0 Å². The normalized spacial score (nSPS) is 19.9. The molecule has 2 fully saturated rings. The molecule has 1 amide bonds. The van der Waals surface area contributed by atoms with Crippen molar-refractivity contribution in [3.05, 3.63) is 60.4 Å². The highest BCUT2D eigenvalue weighted by Gasteiger charge is 2.46. The summed E-state index contributed by atoms with van der Waals surface area (Å²) in [5.74, 6) is 0.0792. The van der Waals surface area contributed by atoms with Crippen LogP contribution in [0.4, 0.5) is 5.69 Å². The standard InChI is InChI=1S/C19H21N3O2/c23-18-11-24-15-19(12-21(18)10-16-5-2-1-3-6-16)13-22(14-19)17-7-4-8-20-9-17/h1-9H,10-15H2. The fourth-order valence-corrected chi connectivity index (χ4v) is 3.61. The van der Waals surface area contributed by atoms with Gasteiger partial charge in [-0.1, -0.05) is 30.3 Å². The van der Waals surface area contributed by atoms with Crippen LogP contribution in [0, 0.1) is 5.41 Å². The van der Waals surface area contributed by atoms with Crippen molar-refractivity contribution in [1.29, 1.82) is 0 Å². The molecule has 5 heteroatoms. The summed E-state index contributed by atoms with van der Waals surface area (Å²) in [5, 5.41) is 0. The Bertz CT molecular complexity index is 699. The van der Waals surface area contributed by atoms with Crippen molar-refractivity contribution in [2.45, 2.75) is 6.54 Å². The SMILES string of the molecule is O=C1COCC2(CN1Cc1ccccc1)CN(c1cccnc1)C2. The van der Waals surface area contributed by atoms with Crippen molar-refractivity contribution in [3.63, 3.8) is 0 Å². The van der Waals surface area contributed by atoms with Crippen molar-refractivity contribution in [3.8, 4) is 0 Å². The highest BCUT2D eigenvalue weighted by Crippen LogP contribution is 2.36. The molecule has 24 heavy (non-hydrogen) atoms. The van der Waals surface area contributed by atoms with E-state index in [1.807, 2.05) is 35.4 Å². The first kappa shape index (κ1) is 15.1. The van der Waals surface area contributed by atoms with Gasteiger partial charge in [0.2, 0.25) is 5.91 Å². The molecule has 4 rings (SSSR count). The van der Waals surface area contributed by atoms with Crippen LogP contribution in [-0.2, 0) is 16.1 Å². The van der Waals surface area contributed by atoms with Crippen LogP contribution >= 0.6 is 0 Å². The van der Waals surface area contributed by atoms with Crippen LogP contribution < -0.4 is 4.90 Å². The van der Waals surface area contributed by atoms with Gasteiger partial charge in [0.25, 0.3) is 0 Å². The van der Waals surface area contributed by atoms with Gasteiger partial charge in [-0.15, -0.1) is 0 Å². The highest BCUT2D eigenvalue weighted by atomic mass is 16.5. The third-order valence-corrected chi connectivity index (χ3v) is 4.79. The Morgan fingerprint density at radius 3 is 2.67 bits per heavy atom. The number of aromatic nitrogens is 1. The minimum absolute atomic E-state index is 0.0246. The third kappa shape index (κ3) is 2.99. The lowest BCUT2D eigenvalue weighted by molar-refractivity contribution is -0.134. The lowest BCUT2D eigenvalue weighted by atomic mass is 9.79. The van der Waals surface area contributed by atoms with E-state index in [1.54, 1.807) is 6.20 Å². The average Bonchev–Trinajstić information content (AvgIpc) is 2.75. The van der Waals surface area contributed by atoms with Crippen LogP contribution in [0.2, 0.25) is 0 Å². The van der Waals surface area contributed by atoms with E-state index < -0.39 is 0 Å². The van der Waals surface area contributed by atoms with Crippen LogP contribution in [0.25, 0.3) is 0 Å². The predicted octanol–water partition coefficient (Wildman–Crippen LogP) is 1.95. The van der Waals surface area contributed by atoms with Gasteiger partial charge in [0.05, 0.1) is 18.5 Å². The van der Waals surface area contributed by atoms with Crippen molar-refractivity contribution in [1.82, 2.24) is 9.88 Å². The molecule has 2 aliphatic heterocycles. The average molecular weight is 323 g/mol. The molecular weight excluding hydrogens is 302 g/mol. The lowest BCUT2D eigenvalue weighted by Crippen LogP contribution is -2.62. The maximum absolute atomic E-state index is 12.4. The van der Waals surface area contributed by atoms with E-state index >= 15 is 0 Å². The Hall–Kier alpha value is -2.40. The summed E-state index contributed by atoms with van der Waals surface area (Å²) in [6.45, 7) is 4.02. The molecule has 2 saturated heterocycles. The second-order valence-electron chi connectivity index (χ2n) is 6.80. The molecule has 1 aromatic heterocycles. The van der Waals surface area contributed by atoms with Gasteiger partial charge in [-0.3, -0.25) is 9.78 Å². The van der Waals surface area contributed by atoms with Crippen LogP contribution in [0.1, 0.15) is 5.56 Å². The van der Waals surface area contributed by atoms with E-state index in [0.717, 1.165) is 30.9 Å². The van der Waals surface area contributed by atoms with E-state index in [4.69, 9.17) is 4.74 Å². The fraction of sp³-hybridized carbons (Fsp3) is 0.368. The lowest BCUT2D eigenvalue weighted by Gasteiger charge is -2.51.